The molecule has 10 heteroatoms. The third-order valence-corrected chi connectivity index (χ3v) is 6.24. The molecule has 6 nitrogen and oxygen atoms in total. The highest BCUT2D eigenvalue weighted by atomic mass is 127. The minimum Gasteiger partial charge on any atom is -0.357 e. The lowest BCUT2D eigenvalue weighted by Crippen LogP contribution is -2.44. The van der Waals surface area contributed by atoms with E-state index in [0.717, 1.165) is 44.6 Å². The molecule has 1 aliphatic heterocycles. The molecule has 0 bridgehead atoms. The van der Waals surface area contributed by atoms with Crippen LogP contribution in [0.3, 0.4) is 0 Å². The molecular weight excluding hydrogens is 522 g/mol. The second kappa shape index (κ2) is 12.5. The monoisotopic (exact) mass is 561 g/mol. The van der Waals surface area contributed by atoms with Crippen LogP contribution in [0.1, 0.15) is 46.0 Å². The number of guanidine groups is 1. The standard InChI is InChI=1S/C21H38F3N5O.HI/c1-5-25-19(26-15-20(10-7-8-11-20)18(30)27(3)4)29-12-9-17(14-29)13-28(6-2)16-21(22,23)24;/h17H,5-16H2,1-4H3,(H,25,26);1H. The summed E-state index contributed by atoms with van der Waals surface area (Å²) in [6, 6.07) is 0. The first-order valence-corrected chi connectivity index (χ1v) is 11.1. The molecule has 0 aromatic carbocycles. The largest absolute Gasteiger partial charge is 0.401 e. The van der Waals surface area contributed by atoms with Gasteiger partial charge in [0.05, 0.1) is 18.5 Å². The number of rotatable bonds is 8. The number of likely N-dealkylation sites (tertiary alicyclic amines) is 1. The molecule has 0 aromatic rings. The van der Waals surface area contributed by atoms with Crippen LogP contribution in [0.2, 0.25) is 0 Å². The van der Waals surface area contributed by atoms with E-state index in [2.05, 4.69) is 10.2 Å². The summed E-state index contributed by atoms with van der Waals surface area (Å²) in [5, 5.41) is 3.32. The van der Waals surface area contributed by atoms with E-state index in [-0.39, 0.29) is 35.8 Å². The summed E-state index contributed by atoms with van der Waals surface area (Å²) < 4.78 is 38.3. The van der Waals surface area contributed by atoms with Gasteiger partial charge in [-0.15, -0.1) is 24.0 Å². The highest BCUT2D eigenvalue weighted by molar-refractivity contribution is 14.0. The van der Waals surface area contributed by atoms with Crippen molar-refractivity contribution < 1.29 is 18.0 Å². The lowest BCUT2D eigenvalue weighted by molar-refractivity contribution is -0.146. The number of carbonyl (C=O) groups is 1. The van der Waals surface area contributed by atoms with Crippen LogP contribution in [-0.2, 0) is 4.79 Å². The number of nitrogens with one attached hydrogen (secondary N) is 1. The molecule has 1 amide bonds. The number of alkyl halides is 3. The maximum atomic E-state index is 12.8. The first kappa shape index (κ1) is 28.3. The van der Waals surface area contributed by atoms with Crippen molar-refractivity contribution in [1.82, 2.24) is 20.0 Å². The van der Waals surface area contributed by atoms with Crippen LogP contribution in [-0.4, -0.2) is 92.7 Å². The Morgan fingerprint density at radius 3 is 2.39 bits per heavy atom. The van der Waals surface area contributed by atoms with E-state index in [1.807, 2.05) is 6.92 Å². The van der Waals surface area contributed by atoms with Gasteiger partial charge in [-0.1, -0.05) is 19.8 Å². The maximum absolute atomic E-state index is 12.8. The van der Waals surface area contributed by atoms with E-state index < -0.39 is 18.1 Å². The third kappa shape index (κ3) is 8.25. The van der Waals surface area contributed by atoms with E-state index >= 15 is 0 Å². The number of aliphatic imine (C=N–C) groups is 1. The average Bonchev–Trinajstić information content (AvgIpc) is 3.33. The van der Waals surface area contributed by atoms with Crippen LogP contribution in [0.25, 0.3) is 0 Å². The van der Waals surface area contributed by atoms with Crippen LogP contribution in [0, 0.1) is 11.3 Å². The number of amides is 1. The van der Waals surface area contributed by atoms with Gasteiger partial charge in [-0.3, -0.25) is 14.7 Å². The fourth-order valence-corrected chi connectivity index (χ4v) is 4.72. The lowest BCUT2D eigenvalue weighted by atomic mass is 9.85. The van der Waals surface area contributed by atoms with Crippen molar-refractivity contribution in [1.29, 1.82) is 0 Å². The van der Waals surface area contributed by atoms with Crippen molar-refractivity contribution in [3.05, 3.63) is 0 Å². The Labute approximate surface area is 202 Å². The zero-order chi connectivity index (χ0) is 22.4. The molecule has 1 N–H and O–H groups in total. The topological polar surface area (TPSA) is 51.2 Å². The molecule has 1 unspecified atom stereocenters. The Bertz CT molecular complexity index is 594. The number of halogens is 4. The summed E-state index contributed by atoms with van der Waals surface area (Å²) in [5.41, 5.74) is -0.422. The van der Waals surface area contributed by atoms with Crippen molar-refractivity contribution in [3.63, 3.8) is 0 Å². The minimum absolute atomic E-state index is 0. The smallest absolute Gasteiger partial charge is 0.357 e. The van der Waals surface area contributed by atoms with Crippen LogP contribution in [0.4, 0.5) is 13.2 Å². The van der Waals surface area contributed by atoms with Crippen molar-refractivity contribution in [2.45, 2.75) is 52.1 Å². The molecule has 1 saturated heterocycles. The number of carbonyl (C=O) groups excluding carboxylic acids is 1. The predicted octanol–water partition coefficient (Wildman–Crippen LogP) is 3.42. The van der Waals surface area contributed by atoms with Gasteiger partial charge in [0.1, 0.15) is 0 Å². The van der Waals surface area contributed by atoms with Gasteiger partial charge in [0.15, 0.2) is 5.96 Å². The fourth-order valence-electron chi connectivity index (χ4n) is 4.72. The summed E-state index contributed by atoms with van der Waals surface area (Å²) in [5.74, 6) is 1.10. The van der Waals surface area contributed by atoms with Crippen LogP contribution in [0.5, 0.6) is 0 Å². The molecule has 0 radical (unpaired) electrons. The predicted molar refractivity (Wildman–Crippen MR) is 129 cm³/mol. The van der Waals surface area contributed by atoms with E-state index in [0.29, 0.717) is 32.7 Å². The summed E-state index contributed by atoms with van der Waals surface area (Å²) in [6.45, 7) is 6.38. The van der Waals surface area contributed by atoms with Crippen LogP contribution < -0.4 is 5.32 Å². The normalized spacial score (nSPS) is 21.4. The quantitative estimate of drug-likeness (QED) is 0.281. The Morgan fingerprint density at radius 2 is 1.87 bits per heavy atom. The fraction of sp³-hybridized carbons (Fsp3) is 0.905. The van der Waals surface area contributed by atoms with E-state index in [9.17, 15) is 18.0 Å². The number of hydrogen-bond donors (Lipinski definition) is 1. The van der Waals surface area contributed by atoms with Crippen LogP contribution in [0.15, 0.2) is 4.99 Å². The molecule has 2 fully saturated rings. The lowest BCUT2D eigenvalue weighted by Gasteiger charge is -2.30. The Morgan fingerprint density at radius 1 is 1.23 bits per heavy atom. The van der Waals surface area contributed by atoms with Crippen molar-refractivity contribution in [3.8, 4) is 0 Å². The summed E-state index contributed by atoms with van der Waals surface area (Å²) in [6.07, 6.45) is 0.490. The molecule has 182 valence electrons. The van der Waals surface area contributed by atoms with E-state index in [4.69, 9.17) is 4.99 Å². The summed E-state index contributed by atoms with van der Waals surface area (Å²) >= 11 is 0. The zero-order valence-corrected chi connectivity index (χ0v) is 21.6. The first-order chi connectivity index (χ1) is 14.1. The summed E-state index contributed by atoms with van der Waals surface area (Å²) in [4.78, 5) is 22.9. The van der Waals surface area contributed by atoms with Crippen molar-refractivity contribution >= 4 is 35.8 Å². The molecule has 2 rings (SSSR count). The average molecular weight is 561 g/mol. The molecule has 1 heterocycles. The molecule has 1 saturated carbocycles. The van der Waals surface area contributed by atoms with Crippen molar-refractivity contribution in [2.24, 2.45) is 16.3 Å². The van der Waals surface area contributed by atoms with Gasteiger partial charge in [0.25, 0.3) is 0 Å². The molecule has 1 aliphatic carbocycles. The van der Waals surface area contributed by atoms with Crippen LogP contribution >= 0.6 is 24.0 Å². The van der Waals surface area contributed by atoms with Crippen molar-refractivity contribution in [2.75, 3.05) is 59.9 Å². The van der Waals surface area contributed by atoms with Gasteiger partial charge in [-0.2, -0.15) is 13.2 Å². The third-order valence-electron chi connectivity index (χ3n) is 6.24. The molecule has 31 heavy (non-hydrogen) atoms. The minimum atomic E-state index is -4.17. The zero-order valence-electron chi connectivity index (χ0n) is 19.3. The number of hydrogen-bond acceptors (Lipinski definition) is 3. The van der Waals surface area contributed by atoms with Gasteiger partial charge in [0.2, 0.25) is 5.91 Å². The molecule has 0 aromatic heterocycles. The Hall–Kier alpha value is -0.780. The SMILES string of the molecule is CCNC(=NCC1(C(=O)N(C)C)CCCC1)N1CCC(CN(CC)CC(F)(F)F)C1.I. The molecule has 2 aliphatic rings. The maximum Gasteiger partial charge on any atom is 0.401 e. The first-order valence-electron chi connectivity index (χ1n) is 11.1. The van der Waals surface area contributed by atoms with Gasteiger partial charge in [-0.25, -0.2) is 0 Å². The Balaban J connectivity index is 0.00000480. The highest BCUT2D eigenvalue weighted by Gasteiger charge is 2.42. The second-order valence-corrected chi connectivity index (χ2v) is 8.90. The summed E-state index contributed by atoms with van der Waals surface area (Å²) in [7, 11) is 3.59. The van der Waals surface area contributed by atoms with Gasteiger partial charge >= 0.3 is 6.18 Å². The van der Waals surface area contributed by atoms with E-state index in [1.54, 1.807) is 25.9 Å². The second-order valence-electron chi connectivity index (χ2n) is 8.90. The van der Waals surface area contributed by atoms with E-state index in [1.165, 1.54) is 4.90 Å². The molecular formula is C21H39F3IN5O. The molecule has 0 spiro atoms. The van der Waals surface area contributed by atoms with Gasteiger partial charge in [-0.05, 0) is 38.6 Å². The number of nitrogens with zero attached hydrogens (tertiary/aromatic N) is 4. The molecule has 1 atom stereocenters. The van der Waals surface area contributed by atoms with Gasteiger partial charge < -0.3 is 15.1 Å². The highest BCUT2D eigenvalue weighted by Crippen LogP contribution is 2.40. The Kier molecular flexibility index (Phi) is 11.4. The van der Waals surface area contributed by atoms with Gasteiger partial charge in [0, 0.05) is 40.3 Å².